The number of hydrogen-bond acceptors (Lipinski definition) is 2. The fourth-order valence-electron chi connectivity index (χ4n) is 4.64. The van der Waals surface area contributed by atoms with E-state index in [2.05, 4.69) is 51.6 Å². The van der Waals surface area contributed by atoms with Gasteiger partial charge in [0.25, 0.3) is 0 Å². The summed E-state index contributed by atoms with van der Waals surface area (Å²) in [7, 11) is 3.88. The first-order chi connectivity index (χ1) is 15.0. The first-order valence-corrected chi connectivity index (χ1v) is 11.1. The number of likely N-dealkylation sites (tertiary alicyclic amines) is 1. The Hall–Kier alpha value is -2.74. The number of carbonyl (C=O) groups is 1. The van der Waals surface area contributed by atoms with Crippen LogP contribution in [0.25, 0.3) is 22.0 Å². The molecular weight excluding hydrogens is 406 g/mol. The molecule has 1 aliphatic rings. The van der Waals surface area contributed by atoms with Crippen molar-refractivity contribution in [3.8, 4) is 23.0 Å². The summed E-state index contributed by atoms with van der Waals surface area (Å²) in [6.45, 7) is 3.65. The smallest absolute Gasteiger partial charge is 0.237 e. The van der Waals surface area contributed by atoms with Crippen LogP contribution in [0.5, 0.6) is 0 Å². The summed E-state index contributed by atoms with van der Waals surface area (Å²) in [6.07, 6.45) is 1.95. The van der Waals surface area contributed by atoms with Crippen LogP contribution in [0.1, 0.15) is 31.5 Å². The fourth-order valence-corrected chi connectivity index (χ4v) is 4.81. The minimum absolute atomic E-state index is 0.0208. The maximum absolute atomic E-state index is 13.1. The first kappa shape index (κ1) is 21.5. The summed E-state index contributed by atoms with van der Waals surface area (Å²) in [5.41, 5.74) is 4.56. The molecular formula is C26H28ClN3O. The van der Waals surface area contributed by atoms with Crippen molar-refractivity contribution in [1.29, 1.82) is 0 Å². The highest BCUT2D eigenvalue weighted by Crippen LogP contribution is 2.44. The molecule has 0 radical (unpaired) electrons. The minimum Gasteiger partial charge on any atom is -0.333 e. The lowest BCUT2D eigenvalue weighted by Gasteiger charge is -2.28. The van der Waals surface area contributed by atoms with Crippen molar-refractivity contribution in [2.45, 2.75) is 32.4 Å². The van der Waals surface area contributed by atoms with Gasteiger partial charge in [-0.25, -0.2) is 0 Å². The zero-order valence-corrected chi connectivity index (χ0v) is 19.1. The van der Waals surface area contributed by atoms with Crippen LogP contribution in [-0.2, 0) is 11.3 Å². The van der Waals surface area contributed by atoms with Gasteiger partial charge in [-0.3, -0.25) is 4.79 Å². The van der Waals surface area contributed by atoms with E-state index in [0.29, 0.717) is 18.1 Å². The van der Waals surface area contributed by atoms with Gasteiger partial charge in [0.2, 0.25) is 5.91 Å². The molecule has 1 saturated heterocycles. The normalized spacial score (nSPS) is 16.0. The molecule has 2 aromatic carbocycles. The summed E-state index contributed by atoms with van der Waals surface area (Å²) in [5.74, 6) is 6.45. The predicted octanol–water partition coefficient (Wildman–Crippen LogP) is 5.21. The highest BCUT2D eigenvalue weighted by atomic mass is 35.5. The molecule has 0 spiro atoms. The lowest BCUT2D eigenvalue weighted by Crippen LogP contribution is -2.38. The van der Waals surface area contributed by atoms with Gasteiger partial charge in [0.15, 0.2) is 0 Å². The van der Waals surface area contributed by atoms with E-state index in [1.54, 1.807) is 0 Å². The average Bonchev–Trinajstić information content (AvgIpc) is 3.34. The number of carbonyl (C=O) groups excluding carboxylic acids is 1. The van der Waals surface area contributed by atoms with Gasteiger partial charge in [-0.15, -0.1) is 5.92 Å². The van der Waals surface area contributed by atoms with E-state index in [9.17, 15) is 4.79 Å². The molecule has 4 nitrogen and oxygen atoms in total. The first-order valence-electron chi connectivity index (χ1n) is 10.7. The second-order valence-corrected chi connectivity index (χ2v) is 8.72. The fraction of sp³-hybridized carbons (Fsp3) is 0.346. The molecule has 1 aromatic heterocycles. The largest absolute Gasteiger partial charge is 0.333 e. The van der Waals surface area contributed by atoms with Crippen LogP contribution in [0, 0.1) is 11.8 Å². The van der Waals surface area contributed by atoms with E-state index in [-0.39, 0.29) is 11.9 Å². The molecule has 0 bridgehead atoms. The van der Waals surface area contributed by atoms with Gasteiger partial charge >= 0.3 is 0 Å². The van der Waals surface area contributed by atoms with Crippen molar-refractivity contribution in [3.05, 3.63) is 59.2 Å². The standard InChI is InChI=1S/C26H28ClN3O/c1-4-5-15-30-22-14-13-20(27)17-21(22)25(19-10-7-6-8-11-19)26(30)23-12-9-16-29(23)24(31)18-28(2)3/h6-8,10-11,13-14,17,23H,9,12,15-16,18H2,1-3H3. The number of likely N-dealkylation sites (N-methyl/N-ethyl adjacent to an activating group) is 1. The SMILES string of the molecule is CC#CCn1c(C2CCCN2C(=O)CN(C)C)c(-c2ccccc2)c2cc(Cl)ccc21. The zero-order chi connectivity index (χ0) is 22.0. The molecule has 1 unspecified atom stereocenters. The Labute approximate surface area is 189 Å². The highest BCUT2D eigenvalue weighted by molar-refractivity contribution is 6.31. The zero-order valence-electron chi connectivity index (χ0n) is 18.4. The summed E-state index contributed by atoms with van der Waals surface area (Å²) in [5, 5.41) is 1.82. The molecule has 1 fully saturated rings. The summed E-state index contributed by atoms with van der Waals surface area (Å²) >= 11 is 6.43. The van der Waals surface area contributed by atoms with Crippen molar-refractivity contribution in [2.24, 2.45) is 0 Å². The van der Waals surface area contributed by atoms with E-state index < -0.39 is 0 Å². The predicted molar refractivity (Wildman–Crippen MR) is 128 cm³/mol. The van der Waals surface area contributed by atoms with E-state index >= 15 is 0 Å². The van der Waals surface area contributed by atoms with Crippen molar-refractivity contribution < 1.29 is 4.79 Å². The third-order valence-electron chi connectivity index (χ3n) is 5.88. The third kappa shape index (κ3) is 4.21. The van der Waals surface area contributed by atoms with Gasteiger partial charge in [-0.05, 0) is 57.6 Å². The molecule has 1 aliphatic heterocycles. The van der Waals surface area contributed by atoms with E-state index in [4.69, 9.17) is 11.6 Å². The topological polar surface area (TPSA) is 28.5 Å². The monoisotopic (exact) mass is 433 g/mol. The van der Waals surface area contributed by atoms with Crippen LogP contribution >= 0.6 is 11.6 Å². The number of benzene rings is 2. The van der Waals surface area contributed by atoms with Crippen molar-refractivity contribution in [3.63, 3.8) is 0 Å². The maximum Gasteiger partial charge on any atom is 0.237 e. The van der Waals surface area contributed by atoms with Crippen molar-refractivity contribution in [2.75, 3.05) is 27.2 Å². The molecule has 31 heavy (non-hydrogen) atoms. The van der Waals surface area contributed by atoms with Crippen LogP contribution in [0.15, 0.2) is 48.5 Å². The van der Waals surface area contributed by atoms with Gasteiger partial charge in [-0.2, -0.15) is 0 Å². The lowest BCUT2D eigenvalue weighted by molar-refractivity contribution is -0.132. The maximum atomic E-state index is 13.1. The van der Waals surface area contributed by atoms with E-state index in [0.717, 1.165) is 47.1 Å². The third-order valence-corrected chi connectivity index (χ3v) is 6.12. The molecule has 1 amide bonds. The lowest BCUT2D eigenvalue weighted by atomic mass is 9.97. The Morgan fingerprint density at radius 1 is 1.19 bits per heavy atom. The number of fused-ring (bicyclic) bond motifs is 1. The number of nitrogens with zero attached hydrogens (tertiary/aromatic N) is 3. The van der Waals surface area contributed by atoms with Gasteiger partial charge in [0.05, 0.1) is 24.8 Å². The Balaban J connectivity index is 1.97. The van der Waals surface area contributed by atoms with E-state index in [1.165, 1.54) is 0 Å². The van der Waals surface area contributed by atoms with Gasteiger partial charge in [0, 0.05) is 28.0 Å². The quantitative estimate of drug-likeness (QED) is 0.517. The molecule has 2 heterocycles. The Morgan fingerprint density at radius 3 is 2.68 bits per heavy atom. The molecule has 160 valence electrons. The van der Waals surface area contributed by atoms with Gasteiger partial charge < -0.3 is 14.4 Å². The van der Waals surface area contributed by atoms with Crippen LogP contribution in [0.3, 0.4) is 0 Å². The number of rotatable bonds is 5. The minimum atomic E-state index is 0.0208. The molecule has 1 atom stereocenters. The van der Waals surface area contributed by atoms with Crippen molar-refractivity contribution in [1.82, 2.24) is 14.4 Å². The molecule has 0 saturated carbocycles. The van der Waals surface area contributed by atoms with Crippen molar-refractivity contribution >= 4 is 28.4 Å². The summed E-state index contributed by atoms with van der Waals surface area (Å²) < 4.78 is 2.29. The van der Waals surface area contributed by atoms with Crippen LogP contribution in [0.4, 0.5) is 0 Å². The summed E-state index contributed by atoms with van der Waals surface area (Å²) in [4.78, 5) is 17.1. The van der Waals surface area contributed by atoms with Gasteiger partial charge in [0.1, 0.15) is 0 Å². The second kappa shape index (κ2) is 9.18. The Morgan fingerprint density at radius 2 is 1.97 bits per heavy atom. The Kier molecular flexibility index (Phi) is 6.36. The van der Waals surface area contributed by atoms with Crippen LogP contribution in [0.2, 0.25) is 5.02 Å². The summed E-state index contributed by atoms with van der Waals surface area (Å²) in [6, 6.07) is 16.5. The molecule has 4 rings (SSSR count). The van der Waals surface area contributed by atoms with Crippen LogP contribution in [-0.4, -0.2) is 47.5 Å². The van der Waals surface area contributed by atoms with E-state index in [1.807, 2.05) is 44.1 Å². The highest BCUT2D eigenvalue weighted by Gasteiger charge is 2.35. The number of amides is 1. The number of aromatic nitrogens is 1. The molecule has 3 aromatic rings. The average molecular weight is 434 g/mol. The second-order valence-electron chi connectivity index (χ2n) is 8.28. The number of halogens is 1. The molecule has 0 N–H and O–H groups in total. The molecule has 0 aliphatic carbocycles. The van der Waals surface area contributed by atoms with Crippen LogP contribution < -0.4 is 0 Å². The Bertz CT molecular complexity index is 1150. The number of hydrogen-bond donors (Lipinski definition) is 0. The van der Waals surface area contributed by atoms with Gasteiger partial charge in [-0.1, -0.05) is 47.9 Å². The molecule has 5 heteroatoms.